The van der Waals surface area contributed by atoms with Crippen LogP contribution in [0.2, 0.25) is 5.02 Å². The molecule has 0 radical (unpaired) electrons. The normalized spacial score (nSPS) is 11.6. The van der Waals surface area contributed by atoms with Gasteiger partial charge in [-0.05, 0) is 60.7 Å². The predicted molar refractivity (Wildman–Crippen MR) is 95.4 cm³/mol. The summed E-state index contributed by atoms with van der Waals surface area (Å²) in [7, 11) is 0. The first-order valence-electron chi connectivity index (χ1n) is 7.70. The third kappa shape index (κ3) is 4.52. The molecule has 0 heterocycles. The molecular weight excluding hydrogens is 359 g/mol. The van der Waals surface area contributed by atoms with E-state index in [0.29, 0.717) is 22.1 Å². The molecule has 1 atom stereocenters. The Kier molecular flexibility index (Phi) is 5.39. The number of rotatable bonds is 6. The second-order valence-electron chi connectivity index (χ2n) is 5.42. The fourth-order valence-electron chi connectivity index (χ4n) is 2.26. The van der Waals surface area contributed by atoms with E-state index in [1.165, 1.54) is 24.3 Å². The van der Waals surface area contributed by atoms with E-state index in [1.54, 1.807) is 48.5 Å². The number of hydrogen-bond donors (Lipinski definition) is 1. The smallest absolute Gasteiger partial charge is 0.349 e. The highest BCUT2D eigenvalue weighted by molar-refractivity contribution is 6.30. The summed E-state index contributed by atoms with van der Waals surface area (Å²) in [6.07, 6.45) is -1.22. The lowest BCUT2D eigenvalue weighted by Crippen LogP contribution is -2.18. The Bertz CT molecular complexity index is 877. The number of hydrogen-bond acceptors (Lipinski definition) is 3. The molecule has 26 heavy (non-hydrogen) atoms. The standard InChI is InChI=1S/C20H14ClFO4/c21-14-3-9-17(10-4-14)25-16-7-1-13(2-8-16)19(20(23)24)26-18-11-5-15(22)6-12-18/h1-12,19H,(H,23,24). The van der Waals surface area contributed by atoms with Gasteiger partial charge in [-0.3, -0.25) is 0 Å². The van der Waals surface area contributed by atoms with Crippen LogP contribution < -0.4 is 9.47 Å². The Morgan fingerprint density at radius 1 is 0.846 bits per heavy atom. The summed E-state index contributed by atoms with van der Waals surface area (Å²) in [4.78, 5) is 11.5. The minimum atomic E-state index is -1.22. The van der Waals surface area contributed by atoms with Gasteiger partial charge in [0.15, 0.2) is 0 Å². The summed E-state index contributed by atoms with van der Waals surface area (Å²) in [6.45, 7) is 0. The molecule has 1 N–H and O–H groups in total. The molecule has 6 heteroatoms. The summed E-state index contributed by atoms with van der Waals surface area (Å²) in [5.74, 6) is -0.157. The van der Waals surface area contributed by atoms with Crippen molar-refractivity contribution in [2.24, 2.45) is 0 Å². The molecule has 132 valence electrons. The van der Waals surface area contributed by atoms with Crippen molar-refractivity contribution < 1.29 is 23.8 Å². The van der Waals surface area contributed by atoms with Crippen LogP contribution in [0.5, 0.6) is 17.2 Å². The van der Waals surface area contributed by atoms with Gasteiger partial charge in [0, 0.05) is 10.6 Å². The van der Waals surface area contributed by atoms with Crippen molar-refractivity contribution in [1.29, 1.82) is 0 Å². The largest absolute Gasteiger partial charge is 0.478 e. The molecule has 0 bridgehead atoms. The van der Waals surface area contributed by atoms with Crippen LogP contribution in [0, 0.1) is 5.82 Å². The van der Waals surface area contributed by atoms with Crippen molar-refractivity contribution >= 4 is 17.6 Å². The molecular formula is C20H14ClFO4. The zero-order valence-corrected chi connectivity index (χ0v) is 14.2. The molecule has 1 unspecified atom stereocenters. The third-order valence-electron chi connectivity index (χ3n) is 3.52. The van der Waals surface area contributed by atoms with E-state index in [1.807, 2.05) is 0 Å². The molecule has 4 nitrogen and oxygen atoms in total. The Morgan fingerprint density at radius 2 is 1.35 bits per heavy atom. The van der Waals surface area contributed by atoms with Crippen LogP contribution in [-0.4, -0.2) is 11.1 Å². The fourth-order valence-corrected chi connectivity index (χ4v) is 2.39. The summed E-state index contributed by atoms with van der Waals surface area (Å²) >= 11 is 5.83. The zero-order valence-electron chi connectivity index (χ0n) is 13.4. The Hall–Kier alpha value is -3.05. The van der Waals surface area contributed by atoms with Gasteiger partial charge in [-0.2, -0.15) is 0 Å². The highest BCUT2D eigenvalue weighted by Crippen LogP contribution is 2.27. The maximum atomic E-state index is 13.0. The van der Waals surface area contributed by atoms with Gasteiger partial charge in [-0.25, -0.2) is 9.18 Å². The van der Waals surface area contributed by atoms with Crippen LogP contribution in [0.4, 0.5) is 4.39 Å². The second kappa shape index (κ2) is 7.89. The van der Waals surface area contributed by atoms with Crippen LogP contribution in [-0.2, 0) is 4.79 Å². The second-order valence-corrected chi connectivity index (χ2v) is 5.85. The number of carbonyl (C=O) groups is 1. The van der Waals surface area contributed by atoms with E-state index in [0.717, 1.165) is 0 Å². The molecule has 0 aliphatic rings. The van der Waals surface area contributed by atoms with E-state index >= 15 is 0 Å². The van der Waals surface area contributed by atoms with E-state index in [2.05, 4.69) is 0 Å². The maximum absolute atomic E-state index is 13.0. The summed E-state index contributed by atoms with van der Waals surface area (Å²) in [6, 6.07) is 18.6. The minimum Gasteiger partial charge on any atom is -0.478 e. The monoisotopic (exact) mass is 372 g/mol. The topological polar surface area (TPSA) is 55.8 Å². The van der Waals surface area contributed by atoms with Gasteiger partial charge in [0.2, 0.25) is 6.10 Å². The maximum Gasteiger partial charge on any atom is 0.349 e. The number of carboxylic acids is 1. The van der Waals surface area contributed by atoms with Crippen molar-refractivity contribution in [3.63, 3.8) is 0 Å². The van der Waals surface area contributed by atoms with Gasteiger partial charge in [-0.1, -0.05) is 23.7 Å². The highest BCUT2D eigenvalue weighted by Gasteiger charge is 2.22. The van der Waals surface area contributed by atoms with E-state index < -0.39 is 17.9 Å². The predicted octanol–water partition coefficient (Wildman–Crippen LogP) is 5.48. The van der Waals surface area contributed by atoms with Crippen molar-refractivity contribution in [2.45, 2.75) is 6.10 Å². The Morgan fingerprint density at radius 3 is 1.88 bits per heavy atom. The molecule has 0 aliphatic carbocycles. The molecule has 0 saturated heterocycles. The van der Waals surface area contributed by atoms with Crippen molar-refractivity contribution in [3.8, 4) is 17.2 Å². The molecule has 0 aliphatic heterocycles. The first-order chi connectivity index (χ1) is 12.5. The van der Waals surface area contributed by atoms with Crippen molar-refractivity contribution in [1.82, 2.24) is 0 Å². The van der Waals surface area contributed by atoms with Crippen LogP contribution in [0.1, 0.15) is 11.7 Å². The molecule has 3 aromatic rings. The number of aliphatic carboxylic acids is 1. The van der Waals surface area contributed by atoms with Crippen LogP contribution in [0.25, 0.3) is 0 Å². The lowest BCUT2D eigenvalue weighted by atomic mass is 10.1. The molecule has 0 fully saturated rings. The van der Waals surface area contributed by atoms with Gasteiger partial charge >= 0.3 is 5.97 Å². The minimum absolute atomic E-state index is 0.264. The Labute approximate surface area is 154 Å². The number of benzene rings is 3. The highest BCUT2D eigenvalue weighted by atomic mass is 35.5. The van der Waals surface area contributed by atoms with Gasteiger partial charge in [-0.15, -0.1) is 0 Å². The van der Waals surface area contributed by atoms with Gasteiger partial charge < -0.3 is 14.6 Å². The van der Waals surface area contributed by atoms with E-state index in [9.17, 15) is 14.3 Å². The molecule has 3 rings (SSSR count). The lowest BCUT2D eigenvalue weighted by molar-refractivity contribution is -0.145. The molecule has 0 aromatic heterocycles. The molecule has 0 saturated carbocycles. The van der Waals surface area contributed by atoms with Crippen molar-refractivity contribution in [2.75, 3.05) is 0 Å². The fraction of sp³-hybridized carbons (Fsp3) is 0.0500. The third-order valence-corrected chi connectivity index (χ3v) is 3.78. The number of ether oxygens (including phenoxy) is 2. The van der Waals surface area contributed by atoms with Gasteiger partial charge in [0.05, 0.1) is 0 Å². The molecule has 0 spiro atoms. The average molecular weight is 373 g/mol. The van der Waals surface area contributed by atoms with Crippen LogP contribution in [0.15, 0.2) is 72.8 Å². The summed E-state index contributed by atoms with van der Waals surface area (Å²) < 4.78 is 24.1. The summed E-state index contributed by atoms with van der Waals surface area (Å²) in [5.41, 5.74) is 0.435. The number of halogens is 2. The van der Waals surface area contributed by atoms with E-state index in [-0.39, 0.29) is 5.75 Å². The first-order valence-corrected chi connectivity index (χ1v) is 8.07. The van der Waals surface area contributed by atoms with Crippen molar-refractivity contribution in [3.05, 3.63) is 89.2 Å². The van der Waals surface area contributed by atoms with Crippen LogP contribution in [0.3, 0.4) is 0 Å². The summed E-state index contributed by atoms with van der Waals surface area (Å²) in [5, 5.41) is 10.0. The van der Waals surface area contributed by atoms with Crippen LogP contribution >= 0.6 is 11.6 Å². The quantitative estimate of drug-likeness (QED) is 0.622. The number of carboxylic acid groups (broad SMARTS) is 1. The SMILES string of the molecule is O=C(O)C(Oc1ccc(F)cc1)c1ccc(Oc2ccc(Cl)cc2)cc1. The van der Waals surface area contributed by atoms with Gasteiger partial charge in [0.25, 0.3) is 0 Å². The lowest BCUT2D eigenvalue weighted by Gasteiger charge is -2.16. The molecule has 0 amide bonds. The molecule has 3 aromatic carbocycles. The van der Waals surface area contributed by atoms with E-state index in [4.69, 9.17) is 21.1 Å². The average Bonchev–Trinajstić information content (AvgIpc) is 2.64. The van der Waals surface area contributed by atoms with Gasteiger partial charge in [0.1, 0.15) is 23.1 Å². The Balaban J connectivity index is 1.74. The zero-order chi connectivity index (χ0) is 18.5. The first kappa shape index (κ1) is 17.8.